The molecule has 2 atom stereocenters. The minimum atomic E-state index is -0.854. The number of carbonyl (C=O) groups excluding carboxylic acids is 2. The van der Waals surface area contributed by atoms with Gasteiger partial charge in [-0.05, 0) is 25.0 Å². The number of amides is 2. The molecule has 2 unspecified atom stereocenters. The monoisotopic (exact) mass is 377 g/mol. The van der Waals surface area contributed by atoms with Gasteiger partial charge in [-0.1, -0.05) is 18.2 Å². The third-order valence-corrected chi connectivity index (χ3v) is 5.81. The maximum Gasteiger partial charge on any atom is 0.276 e. The predicted molar refractivity (Wildman–Crippen MR) is 99.5 cm³/mol. The number of anilines is 1. The van der Waals surface area contributed by atoms with Gasteiger partial charge < -0.3 is 10.2 Å². The van der Waals surface area contributed by atoms with Crippen LogP contribution in [0.3, 0.4) is 0 Å². The number of fused-ring (bicyclic) bond motifs is 2. The Morgan fingerprint density at radius 2 is 2.11 bits per heavy atom. The average molecular weight is 377 g/mol. The summed E-state index contributed by atoms with van der Waals surface area (Å²) < 4.78 is 1.68. The first kappa shape index (κ1) is 16.7. The fourth-order valence-electron chi connectivity index (χ4n) is 4.57. The summed E-state index contributed by atoms with van der Waals surface area (Å²) in [6.07, 6.45) is 4.11. The predicted octanol–water partition coefficient (Wildman–Crippen LogP) is 1.32. The van der Waals surface area contributed by atoms with Gasteiger partial charge in [0.1, 0.15) is 5.41 Å². The van der Waals surface area contributed by atoms with Gasteiger partial charge in [-0.15, -0.1) is 0 Å². The number of benzene rings is 1. The summed E-state index contributed by atoms with van der Waals surface area (Å²) in [7, 11) is 1.82. The van der Waals surface area contributed by atoms with Crippen molar-refractivity contribution in [3.05, 3.63) is 59.2 Å². The highest BCUT2D eigenvalue weighted by Gasteiger charge is 2.59. The van der Waals surface area contributed by atoms with Crippen LogP contribution in [-0.4, -0.2) is 48.5 Å². The normalized spacial score (nSPS) is 23.3. The topological polar surface area (TPSA) is 109 Å². The van der Waals surface area contributed by atoms with Crippen molar-refractivity contribution in [2.24, 2.45) is 7.05 Å². The number of nitrogens with one attached hydrogen (secondary N) is 2. The molecule has 2 aliphatic rings. The van der Waals surface area contributed by atoms with E-state index >= 15 is 0 Å². The van der Waals surface area contributed by atoms with Crippen LogP contribution in [0.4, 0.5) is 5.69 Å². The highest BCUT2D eigenvalue weighted by molar-refractivity contribution is 6.08. The summed E-state index contributed by atoms with van der Waals surface area (Å²) in [6.45, 7) is 2.17. The highest BCUT2D eigenvalue weighted by Crippen LogP contribution is 2.54. The summed E-state index contributed by atoms with van der Waals surface area (Å²) >= 11 is 0. The number of aromatic amines is 1. The van der Waals surface area contributed by atoms with E-state index in [0.29, 0.717) is 18.7 Å². The van der Waals surface area contributed by atoms with Crippen molar-refractivity contribution in [1.29, 1.82) is 0 Å². The second-order valence-corrected chi connectivity index (χ2v) is 7.33. The molecule has 2 N–H and O–H groups in total. The molecule has 2 aliphatic heterocycles. The van der Waals surface area contributed by atoms with E-state index in [0.717, 1.165) is 16.8 Å². The molecular weight excluding hydrogens is 358 g/mol. The van der Waals surface area contributed by atoms with Gasteiger partial charge in [-0.3, -0.25) is 14.3 Å². The van der Waals surface area contributed by atoms with Crippen LogP contribution in [0, 0.1) is 6.92 Å². The highest BCUT2D eigenvalue weighted by atomic mass is 16.2. The second-order valence-electron chi connectivity index (χ2n) is 7.33. The van der Waals surface area contributed by atoms with E-state index in [9.17, 15) is 9.59 Å². The van der Waals surface area contributed by atoms with Crippen LogP contribution in [0.15, 0.2) is 36.7 Å². The van der Waals surface area contributed by atoms with Crippen LogP contribution in [0.1, 0.15) is 39.8 Å². The molecule has 0 aliphatic carbocycles. The van der Waals surface area contributed by atoms with Gasteiger partial charge in [0.25, 0.3) is 5.91 Å². The minimum Gasteiger partial charge on any atom is -0.329 e. The van der Waals surface area contributed by atoms with Gasteiger partial charge >= 0.3 is 0 Å². The van der Waals surface area contributed by atoms with E-state index < -0.39 is 11.5 Å². The van der Waals surface area contributed by atoms with E-state index in [1.54, 1.807) is 22.7 Å². The maximum absolute atomic E-state index is 13.3. The molecule has 2 aromatic heterocycles. The van der Waals surface area contributed by atoms with Crippen molar-refractivity contribution in [3.8, 4) is 0 Å². The number of aryl methyl sites for hydroxylation is 2. The largest absolute Gasteiger partial charge is 0.329 e. The molecule has 4 heterocycles. The SMILES string of the molecule is Cc1n[nH]nc1C(=O)N1CCC2(C(=O)Nc3ccccc32)C1c1cnn(C)c1. The van der Waals surface area contributed by atoms with Crippen molar-refractivity contribution < 1.29 is 9.59 Å². The van der Waals surface area contributed by atoms with Crippen molar-refractivity contribution >= 4 is 17.5 Å². The summed E-state index contributed by atoms with van der Waals surface area (Å²) in [5.74, 6) is -0.330. The molecule has 0 radical (unpaired) electrons. The van der Waals surface area contributed by atoms with Crippen molar-refractivity contribution in [2.75, 3.05) is 11.9 Å². The van der Waals surface area contributed by atoms with E-state index in [1.165, 1.54) is 0 Å². The van der Waals surface area contributed by atoms with E-state index in [4.69, 9.17) is 0 Å². The molecular formula is C19H19N7O2. The number of carbonyl (C=O) groups is 2. The molecule has 9 heteroatoms. The lowest BCUT2D eigenvalue weighted by Crippen LogP contribution is -2.42. The van der Waals surface area contributed by atoms with Crippen LogP contribution in [0.25, 0.3) is 0 Å². The zero-order chi connectivity index (χ0) is 19.5. The Hall–Kier alpha value is -3.49. The maximum atomic E-state index is 13.3. The first-order chi connectivity index (χ1) is 13.5. The van der Waals surface area contributed by atoms with Crippen molar-refractivity contribution in [1.82, 2.24) is 30.1 Å². The molecule has 28 heavy (non-hydrogen) atoms. The molecule has 2 amide bonds. The summed E-state index contributed by atoms with van der Waals surface area (Å²) in [5.41, 5.74) is 2.49. The Morgan fingerprint density at radius 1 is 1.29 bits per heavy atom. The minimum absolute atomic E-state index is 0.0882. The van der Waals surface area contributed by atoms with Crippen molar-refractivity contribution in [3.63, 3.8) is 0 Å². The lowest BCUT2D eigenvalue weighted by molar-refractivity contribution is -0.121. The summed E-state index contributed by atoms with van der Waals surface area (Å²) in [4.78, 5) is 28.3. The molecule has 142 valence electrons. The number of nitrogens with zero attached hydrogens (tertiary/aromatic N) is 5. The smallest absolute Gasteiger partial charge is 0.276 e. The quantitative estimate of drug-likeness (QED) is 0.700. The molecule has 3 aromatic rings. The van der Waals surface area contributed by atoms with Crippen LogP contribution in [0.2, 0.25) is 0 Å². The molecule has 1 aromatic carbocycles. The van der Waals surface area contributed by atoms with Crippen LogP contribution < -0.4 is 5.32 Å². The van der Waals surface area contributed by atoms with Gasteiger partial charge in [0.05, 0.1) is 17.9 Å². The first-order valence-electron chi connectivity index (χ1n) is 9.10. The third kappa shape index (κ3) is 2.09. The fourth-order valence-corrected chi connectivity index (χ4v) is 4.57. The number of H-pyrrole nitrogens is 1. The van der Waals surface area contributed by atoms with Crippen LogP contribution in [0.5, 0.6) is 0 Å². The standard InChI is InChI=1S/C19H19N7O2/c1-11-15(23-24-22-11)17(27)26-8-7-19(16(26)12-9-20-25(2)10-12)13-5-3-4-6-14(13)21-18(19)28/h3-6,9-10,16H,7-8H2,1-2H3,(H,21,28)(H,22,23,24). The van der Waals surface area contributed by atoms with Gasteiger partial charge in [-0.2, -0.15) is 20.5 Å². The molecule has 0 bridgehead atoms. The van der Waals surface area contributed by atoms with E-state index in [1.807, 2.05) is 37.5 Å². The number of hydrogen-bond acceptors (Lipinski definition) is 5. The Labute approximate surface area is 160 Å². The number of aromatic nitrogens is 5. The zero-order valence-electron chi connectivity index (χ0n) is 15.5. The number of rotatable bonds is 2. The Balaban J connectivity index is 1.68. The lowest BCUT2D eigenvalue weighted by Gasteiger charge is -2.33. The number of likely N-dealkylation sites (tertiary alicyclic amines) is 1. The molecule has 1 spiro atoms. The molecule has 5 rings (SSSR count). The van der Waals surface area contributed by atoms with Crippen LogP contribution in [-0.2, 0) is 17.3 Å². The van der Waals surface area contributed by atoms with Gasteiger partial charge in [0, 0.05) is 31.0 Å². The lowest BCUT2D eigenvalue weighted by atomic mass is 9.73. The fraction of sp³-hybridized carbons (Fsp3) is 0.316. The van der Waals surface area contributed by atoms with Crippen LogP contribution >= 0.6 is 0 Å². The third-order valence-electron chi connectivity index (χ3n) is 5.81. The zero-order valence-corrected chi connectivity index (χ0v) is 15.5. The summed E-state index contributed by atoms with van der Waals surface area (Å²) in [6, 6.07) is 7.20. The molecule has 1 saturated heterocycles. The Morgan fingerprint density at radius 3 is 2.82 bits per heavy atom. The Bertz CT molecular complexity index is 1100. The molecule has 9 nitrogen and oxygen atoms in total. The second kappa shape index (κ2) is 5.75. The van der Waals surface area contributed by atoms with Gasteiger partial charge in [0.15, 0.2) is 5.69 Å². The van der Waals surface area contributed by atoms with E-state index in [-0.39, 0.29) is 17.5 Å². The molecule has 1 fully saturated rings. The summed E-state index contributed by atoms with van der Waals surface area (Å²) in [5, 5.41) is 17.8. The molecule has 0 saturated carbocycles. The van der Waals surface area contributed by atoms with E-state index in [2.05, 4.69) is 25.8 Å². The number of hydrogen-bond donors (Lipinski definition) is 2. The number of para-hydroxylation sites is 1. The van der Waals surface area contributed by atoms with Crippen molar-refractivity contribution in [2.45, 2.75) is 24.8 Å². The van der Waals surface area contributed by atoms with Gasteiger partial charge in [0.2, 0.25) is 5.91 Å². The Kier molecular flexibility index (Phi) is 3.42. The van der Waals surface area contributed by atoms with Gasteiger partial charge in [-0.25, -0.2) is 0 Å². The average Bonchev–Trinajstić information content (AvgIpc) is 3.43. The first-order valence-corrected chi connectivity index (χ1v) is 9.10.